The highest BCUT2D eigenvalue weighted by molar-refractivity contribution is 9.10. The molecule has 0 aliphatic heterocycles. The van der Waals surface area contributed by atoms with Crippen molar-refractivity contribution < 1.29 is 0 Å². The molecule has 0 bridgehead atoms. The van der Waals surface area contributed by atoms with E-state index >= 15 is 0 Å². The second-order valence-electron chi connectivity index (χ2n) is 9.39. The number of fused-ring (bicyclic) bond motifs is 3. The fourth-order valence-corrected chi connectivity index (χ4v) is 5.80. The fraction of sp³-hybridized carbons (Fsp3) is 0. The van der Waals surface area contributed by atoms with E-state index < -0.39 is 0 Å². The molecule has 0 radical (unpaired) electrons. The van der Waals surface area contributed by atoms with Crippen molar-refractivity contribution in [3.05, 3.63) is 144 Å². The maximum absolute atomic E-state index is 5.03. The van der Waals surface area contributed by atoms with E-state index in [9.17, 15) is 0 Å². The van der Waals surface area contributed by atoms with Crippen molar-refractivity contribution in [1.29, 1.82) is 0 Å². The van der Waals surface area contributed by atoms with Crippen LogP contribution in [0.1, 0.15) is 0 Å². The van der Waals surface area contributed by atoms with E-state index in [2.05, 4.69) is 148 Å². The van der Waals surface area contributed by atoms with Gasteiger partial charge in [-0.25, -0.2) is 4.98 Å². The van der Waals surface area contributed by atoms with Crippen LogP contribution in [-0.4, -0.2) is 9.55 Å². The Morgan fingerprint density at radius 2 is 1.05 bits per heavy atom. The lowest BCUT2D eigenvalue weighted by atomic mass is 10.00. The minimum absolute atomic E-state index is 0.970. The van der Waals surface area contributed by atoms with Crippen molar-refractivity contribution in [2.24, 2.45) is 0 Å². The summed E-state index contributed by atoms with van der Waals surface area (Å²) in [7, 11) is 0. The highest BCUT2D eigenvalue weighted by atomic mass is 79.9. The number of pyridine rings is 1. The van der Waals surface area contributed by atoms with Crippen LogP contribution in [-0.2, 0) is 0 Å². The number of halogens is 1. The molecule has 3 heteroatoms. The zero-order chi connectivity index (χ0) is 25.5. The van der Waals surface area contributed by atoms with Crippen molar-refractivity contribution in [2.45, 2.75) is 0 Å². The standard InChI is InChI=1S/C35H23BrN2/c36-31-16-9-15-30-29-14-7-8-17-34(29)38(35(30)31)28-20-18-24(19-21-28)27-22-32(25-10-3-1-4-11-25)37-33(23-27)26-12-5-2-6-13-26/h1-23H. The summed E-state index contributed by atoms with van der Waals surface area (Å²) in [5.41, 5.74) is 9.98. The quantitative estimate of drug-likeness (QED) is 0.213. The Labute approximate surface area is 230 Å². The first-order valence-corrected chi connectivity index (χ1v) is 13.5. The second-order valence-corrected chi connectivity index (χ2v) is 10.2. The number of nitrogens with zero attached hydrogens (tertiary/aromatic N) is 2. The predicted octanol–water partition coefficient (Wildman–Crippen LogP) is 9.94. The molecule has 7 rings (SSSR count). The number of benzene rings is 5. The number of para-hydroxylation sites is 2. The molecule has 2 heterocycles. The van der Waals surface area contributed by atoms with Crippen LogP contribution < -0.4 is 0 Å². The minimum atomic E-state index is 0.970. The van der Waals surface area contributed by atoms with Crippen LogP contribution >= 0.6 is 15.9 Å². The number of aromatic nitrogens is 2. The van der Waals surface area contributed by atoms with E-state index in [4.69, 9.17) is 4.98 Å². The molecule has 180 valence electrons. The molecule has 0 fully saturated rings. The molecule has 0 amide bonds. The monoisotopic (exact) mass is 550 g/mol. The van der Waals surface area contributed by atoms with Gasteiger partial charge >= 0.3 is 0 Å². The molecule has 2 aromatic heterocycles. The van der Waals surface area contributed by atoms with Crippen molar-refractivity contribution >= 4 is 37.7 Å². The van der Waals surface area contributed by atoms with E-state index in [1.54, 1.807) is 0 Å². The molecular formula is C35H23BrN2. The first-order valence-electron chi connectivity index (χ1n) is 12.7. The summed E-state index contributed by atoms with van der Waals surface area (Å²) in [6.45, 7) is 0. The van der Waals surface area contributed by atoms with Crippen LogP contribution in [0.4, 0.5) is 0 Å². The molecular weight excluding hydrogens is 528 g/mol. The SMILES string of the molecule is Brc1cccc2c3ccccc3n(-c3ccc(-c4cc(-c5ccccc5)nc(-c5ccccc5)c4)cc3)c12. The van der Waals surface area contributed by atoms with Gasteiger partial charge in [0.1, 0.15) is 0 Å². The molecule has 2 nitrogen and oxygen atoms in total. The number of rotatable bonds is 4. The van der Waals surface area contributed by atoms with Crippen LogP contribution in [0.15, 0.2) is 144 Å². The van der Waals surface area contributed by atoms with Gasteiger partial charge in [-0.05, 0) is 63.5 Å². The van der Waals surface area contributed by atoms with E-state index in [0.717, 1.165) is 43.8 Å². The van der Waals surface area contributed by atoms with Crippen molar-refractivity contribution in [3.8, 4) is 39.3 Å². The summed E-state index contributed by atoms with van der Waals surface area (Å²) >= 11 is 3.81. The molecule has 0 aliphatic carbocycles. The lowest BCUT2D eigenvalue weighted by Gasteiger charge is -2.12. The average molecular weight is 551 g/mol. The molecule has 7 aromatic rings. The Morgan fingerprint density at radius 1 is 0.474 bits per heavy atom. The van der Waals surface area contributed by atoms with Gasteiger partial charge < -0.3 is 4.57 Å². The van der Waals surface area contributed by atoms with E-state index in [1.165, 1.54) is 21.8 Å². The summed E-state index contributed by atoms with van der Waals surface area (Å²) in [4.78, 5) is 5.03. The van der Waals surface area contributed by atoms with Gasteiger partial charge in [-0.15, -0.1) is 0 Å². The largest absolute Gasteiger partial charge is 0.308 e. The van der Waals surface area contributed by atoms with Gasteiger partial charge in [0.05, 0.1) is 22.4 Å². The first-order chi connectivity index (χ1) is 18.8. The molecule has 0 spiro atoms. The summed E-state index contributed by atoms with van der Waals surface area (Å²) in [5.74, 6) is 0. The summed E-state index contributed by atoms with van der Waals surface area (Å²) in [5, 5.41) is 2.50. The lowest BCUT2D eigenvalue weighted by molar-refractivity contribution is 1.18. The molecule has 0 atom stereocenters. The Hall–Kier alpha value is -4.47. The van der Waals surface area contributed by atoms with Crippen LogP contribution in [0.5, 0.6) is 0 Å². The van der Waals surface area contributed by atoms with E-state index in [1.807, 2.05) is 12.1 Å². The third-order valence-corrected chi connectivity index (χ3v) is 7.71. The van der Waals surface area contributed by atoms with Gasteiger partial charge in [0, 0.05) is 32.1 Å². The number of hydrogen-bond acceptors (Lipinski definition) is 1. The van der Waals surface area contributed by atoms with Crippen LogP contribution in [0.3, 0.4) is 0 Å². The molecule has 38 heavy (non-hydrogen) atoms. The molecule has 0 unspecified atom stereocenters. The Kier molecular flexibility index (Phi) is 5.64. The highest BCUT2D eigenvalue weighted by Gasteiger charge is 2.15. The van der Waals surface area contributed by atoms with Crippen LogP contribution in [0.25, 0.3) is 61.1 Å². The van der Waals surface area contributed by atoms with Gasteiger partial charge in [0.15, 0.2) is 0 Å². The zero-order valence-electron chi connectivity index (χ0n) is 20.6. The number of hydrogen-bond donors (Lipinski definition) is 0. The van der Waals surface area contributed by atoms with Crippen LogP contribution in [0.2, 0.25) is 0 Å². The Balaban J connectivity index is 1.38. The minimum Gasteiger partial charge on any atom is -0.308 e. The van der Waals surface area contributed by atoms with Gasteiger partial charge in [0.2, 0.25) is 0 Å². The normalized spacial score (nSPS) is 11.3. The molecule has 0 N–H and O–H groups in total. The topological polar surface area (TPSA) is 17.8 Å². The van der Waals surface area contributed by atoms with Crippen LogP contribution in [0, 0.1) is 0 Å². The first kappa shape index (κ1) is 22.7. The van der Waals surface area contributed by atoms with E-state index in [0.29, 0.717) is 0 Å². The Morgan fingerprint density at radius 3 is 1.71 bits per heavy atom. The maximum Gasteiger partial charge on any atom is 0.0715 e. The summed E-state index contributed by atoms with van der Waals surface area (Å²) in [6.07, 6.45) is 0. The second kappa shape index (κ2) is 9.44. The summed E-state index contributed by atoms with van der Waals surface area (Å²) < 4.78 is 3.43. The summed E-state index contributed by atoms with van der Waals surface area (Å²) in [6, 6.07) is 49.0. The highest BCUT2D eigenvalue weighted by Crippen LogP contribution is 2.37. The van der Waals surface area contributed by atoms with Crippen molar-refractivity contribution in [2.75, 3.05) is 0 Å². The third kappa shape index (κ3) is 3.93. The van der Waals surface area contributed by atoms with Crippen molar-refractivity contribution in [1.82, 2.24) is 9.55 Å². The maximum atomic E-state index is 5.03. The smallest absolute Gasteiger partial charge is 0.0715 e. The fourth-order valence-electron chi connectivity index (χ4n) is 5.26. The average Bonchev–Trinajstić information content (AvgIpc) is 3.34. The van der Waals surface area contributed by atoms with Gasteiger partial charge in [-0.2, -0.15) is 0 Å². The molecule has 5 aromatic carbocycles. The molecule has 0 aliphatic rings. The third-order valence-electron chi connectivity index (χ3n) is 7.07. The van der Waals surface area contributed by atoms with Gasteiger partial charge in [-0.3, -0.25) is 0 Å². The van der Waals surface area contributed by atoms with Gasteiger partial charge in [0.25, 0.3) is 0 Å². The predicted molar refractivity (Wildman–Crippen MR) is 163 cm³/mol. The Bertz CT molecular complexity index is 1850. The lowest BCUT2D eigenvalue weighted by Crippen LogP contribution is -1.95. The zero-order valence-corrected chi connectivity index (χ0v) is 22.1. The molecule has 0 saturated heterocycles. The van der Waals surface area contributed by atoms with Gasteiger partial charge in [-0.1, -0.05) is 103 Å². The van der Waals surface area contributed by atoms with E-state index in [-0.39, 0.29) is 0 Å². The van der Waals surface area contributed by atoms with Crippen molar-refractivity contribution in [3.63, 3.8) is 0 Å². The molecule has 0 saturated carbocycles.